The highest BCUT2D eigenvalue weighted by Crippen LogP contribution is 2.27. The zero-order valence-corrected chi connectivity index (χ0v) is 14.2. The molecule has 0 saturated carbocycles. The van der Waals surface area contributed by atoms with Gasteiger partial charge in [-0.25, -0.2) is 12.8 Å². The van der Waals surface area contributed by atoms with Crippen molar-refractivity contribution < 1.29 is 17.5 Å². The maximum Gasteiger partial charge on any atom is 0.243 e. The Hall–Kier alpha value is -1.28. The van der Waals surface area contributed by atoms with E-state index in [2.05, 4.69) is 0 Å². The van der Waals surface area contributed by atoms with Crippen molar-refractivity contribution >= 4 is 21.4 Å². The van der Waals surface area contributed by atoms with Crippen LogP contribution in [0.4, 0.5) is 4.39 Å². The van der Waals surface area contributed by atoms with Crippen molar-refractivity contribution in [3.05, 3.63) is 52.5 Å². The average molecular weight is 355 g/mol. The number of nitrogens with zero attached hydrogens (tertiary/aromatic N) is 1. The fraction of sp³-hybridized carbons (Fsp3) is 0.375. The zero-order chi connectivity index (χ0) is 16.3. The Labute approximate surface area is 139 Å². The third kappa shape index (κ3) is 3.80. The first-order chi connectivity index (χ1) is 11.1. The fourth-order valence-corrected chi connectivity index (χ4v) is 5.18. The molecule has 4 nitrogen and oxygen atoms in total. The fourth-order valence-electron chi connectivity index (χ4n) is 2.70. The van der Waals surface area contributed by atoms with Crippen LogP contribution < -0.4 is 0 Å². The molecule has 1 fully saturated rings. The van der Waals surface area contributed by atoms with Gasteiger partial charge in [0.1, 0.15) is 5.82 Å². The number of halogens is 1. The summed E-state index contributed by atoms with van der Waals surface area (Å²) < 4.78 is 46.4. The Balaban J connectivity index is 1.95. The van der Waals surface area contributed by atoms with E-state index in [1.807, 2.05) is 17.5 Å². The number of hydrogen-bond donors (Lipinski definition) is 0. The molecule has 0 unspecified atom stereocenters. The van der Waals surface area contributed by atoms with Crippen molar-refractivity contribution in [3.8, 4) is 0 Å². The van der Waals surface area contributed by atoms with Crippen LogP contribution >= 0.6 is 11.3 Å². The van der Waals surface area contributed by atoms with Gasteiger partial charge in [0.15, 0.2) is 0 Å². The van der Waals surface area contributed by atoms with Crippen LogP contribution in [0.15, 0.2) is 46.7 Å². The Kier molecular flexibility index (Phi) is 5.11. The summed E-state index contributed by atoms with van der Waals surface area (Å²) in [4.78, 5) is 0.969. The standard InChI is InChI=1S/C16H18FNO3S2/c17-13-3-1-5-16(11-13)23(19,20)18(12-15-4-2-10-22-15)14-6-8-21-9-7-14/h1-5,10-11,14H,6-9,12H2. The molecular formula is C16H18FNO3S2. The Morgan fingerprint density at radius 3 is 2.65 bits per heavy atom. The molecule has 0 radical (unpaired) electrons. The number of ether oxygens (including phenoxy) is 1. The second-order valence-corrected chi connectivity index (χ2v) is 8.35. The monoisotopic (exact) mass is 355 g/mol. The molecule has 0 N–H and O–H groups in total. The van der Waals surface area contributed by atoms with E-state index in [0.29, 0.717) is 32.6 Å². The molecule has 1 aromatic carbocycles. The summed E-state index contributed by atoms with van der Waals surface area (Å²) in [5.41, 5.74) is 0. The van der Waals surface area contributed by atoms with Crippen LogP contribution in [0.2, 0.25) is 0 Å². The lowest BCUT2D eigenvalue weighted by Crippen LogP contribution is -2.42. The molecule has 1 aliphatic rings. The highest BCUT2D eigenvalue weighted by Gasteiger charge is 2.33. The Bertz CT molecular complexity index is 740. The molecule has 3 rings (SSSR count). The van der Waals surface area contributed by atoms with Crippen molar-refractivity contribution in [1.29, 1.82) is 0 Å². The van der Waals surface area contributed by atoms with E-state index in [-0.39, 0.29) is 10.9 Å². The van der Waals surface area contributed by atoms with Crippen LogP contribution in [0.1, 0.15) is 17.7 Å². The molecule has 1 aliphatic heterocycles. The molecule has 0 amide bonds. The van der Waals surface area contributed by atoms with Crippen molar-refractivity contribution in [2.75, 3.05) is 13.2 Å². The first-order valence-electron chi connectivity index (χ1n) is 7.45. The normalized spacial score (nSPS) is 16.8. The minimum atomic E-state index is -3.75. The number of hydrogen-bond acceptors (Lipinski definition) is 4. The van der Waals surface area contributed by atoms with Gasteiger partial charge in [0.05, 0.1) is 4.90 Å². The number of sulfonamides is 1. The maximum atomic E-state index is 13.5. The van der Waals surface area contributed by atoms with E-state index in [4.69, 9.17) is 4.74 Å². The van der Waals surface area contributed by atoms with Crippen LogP contribution in [0.25, 0.3) is 0 Å². The largest absolute Gasteiger partial charge is 0.381 e. The minimum absolute atomic E-state index is 0.000507. The van der Waals surface area contributed by atoms with Crippen LogP contribution in [-0.4, -0.2) is 32.0 Å². The van der Waals surface area contributed by atoms with Gasteiger partial charge < -0.3 is 4.74 Å². The molecule has 0 aliphatic carbocycles. The van der Waals surface area contributed by atoms with Crippen molar-refractivity contribution in [3.63, 3.8) is 0 Å². The zero-order valence-electron chi connectivity index (χ0n) is 12.5. The van der Waals surface area contributed by atoms with Gasteiger partial charge in [0.25, 0.3) is 0 Å². The van der Waals surface area contributed by atoms with E-state index >= 15 is 0 Å². The van der Waals surface area contributed by atoms with Gasteiger partial charge in [-0.1, -0.05) is 12.1 Å². The number of rotatable bonds is 5. The molecule has 23 heavy (non-hydrogen) atoms. The van der Waals surface area contributed by atoms with E-state index < -0.39 is 15.8 Å². The van der Waals surface area contributed by atoms with Crippen molar-refractivity contribution in [2.24, 2.45) is 0 Å². The predicted octanol–water partition coefficient (Wildman–Crippen LogP) is 3.26. The molecule has 0 atom stereocenters. The summed E-state index contributed by atoms with van der Waals surface area (Å²) >= 11 is 1.52. The summed E-state index contributed by atoms with van der Waals surface area (Å²) in [6, 6.07) is 8.88. The highest BCUT2D eigenvalue weighted by atomic mass is 32.2. The molecule has 0 spiro atoms. The van der Waals surface area contributed by atoms with Gasteiger partial charge in [0, 0.05) is 30.7 Å². The van der Waals surface area contributed by atoms with Crippen molar-refractivity contribution in [1.82, 2.24) is 4.31 Å². The molecular weight excluding hydrogens is 337 g/mol. The SMILES string of the molecule is O=S(=O)(c1cccc(F)c1)N(Cc1cccs1)C1CCOCC1. The summed E-state index contributed by atoms with van der Waals surface area (Å²) in [6.45, 7) is 1.40. The summed E-state index contributed by atoms with van der Waals surface area (Å²) in [6.07, 6.45) is 1.31. The lowest BCUT2D eigenvalue weighted by atomic mass is 10.1. The smallest absolute Gasteiger partial charge is 0.243 e. The molecule has 7 heteroatoms. The summed E-state index contributed by atoms with van der Waals surface area (Å²) in [7, 11) is -3.75. The molecule has 2 heterocycles. The third-order valence-electron chi connectivity index (χ3n) is 3.89. The molecule has 1 saturated heterocycles. The van der Waals surface area contributed by atoms with Gasteiger partial charge in [-0.05, 0) is 42.5 Å². The predicted molar refractivity (Wildman–Crippen MR) is 87.3 cm³/mol. The topological polar surface area (TPSA) is 46.6 Å². The second-order valence-electron chi connectivity index (χ2n) is 5.43. The number of benzene rings is 1. The first kappa shape index (κ1) is 16.6. The minimum Gasteiger partial charge on any atom is -0.381 e. The lowest BCUT2D eigenvalue weighted by molar-refractivity contribution is 0.0571. The second kappa shape index (κ2) is 7.09. The first-order valence-corrected chi connectivity index (χ1v) is 9.77. The molecule has 2 aromatic rings. The Morgan fingerprint density at radius 1 is 1.22 bits per heavy atom. The molecule has 0 bridgehead atoms. The Morgan fingerprint density at radius 2 is 2.00 bits per heavy atom. The van der Waals surface area contributed by atoms with Gasteiger partial charge in [-0.15, -0.1) is 11.3 Å². The third-order valence-corrected chi connectivity index (χ3v) is 6.65. The molecule has 1 aromatic heterocycles. The van der Waals surface area contributed by atoms with Gasteiger partial charge in [-0.2, -0.15) is 4.31 Å². The maximum absolute atomic E-state index is 13.5. The van der Waals surface area contributed by atoms with Gasteiger partial charge >= 0.3 is 0 Å². The molecule has 124 valence electrons. The van der Waals surface area contributed by atoms with Gasteiger partial charge in [0.2, 0.25) is 10.0 Å². The van der Waals surface area contributed by atoms with E-state index in [1.54, 1.807) is 0 Å². The quantitative estimate of drug-likeness (QED) is 0.827. The summed E-state index contributed by atoms with van der Waals surface area (Å²) in [5.74, 6) is -0.547. The van der Waals surface area contributed by atoms with Crippen LogP contribution in [0, 0.1) is 5.82 Å². The van der Waals surface area contributed by atoms with E-state index in [1.165, 1.54) is 33.8 Å². The van der Waals surface area contributed by atoms with Crippen LogP contribution in [0.5, 0.6) is 0 Å². The lowest BCUT2D eigenvalue weighted by Gasteiger charge is -2.33. The van der Waals surface area contributed by atoms with Crippen molar-refractivity contribution in [2.45, 2.75) is 30.3 Å². The number of thiophene rings is 1. The van der Waals surface area contributed by atoms with Crippen LogP contribution in [-0.2, 0) is 21.3 Å². The average Bonchev–Trinajstić information content (AvgIpc) is 3.06. The van der Waals surface area contributed by atoms with Crippen LogP contribution in [0.3, 0.4) is 0 Å². The highest BCUT2D eigenvalue weighted by molar-refractivity contribution is 7.89. The van der Waals surface area contributed by atoms with E-state index in [9.17, 15) is 12.8 Å². The van der Waals surface area contributed by atoms with Gasteiger partial charge in [-0.3, -0.25) is 0 Å². The van der Waals surface area contributed by atoms with E-state index in [0.717, 1.165) is 10.9 Å². The summed E-state index contributed by atoms with van der Waals surface area (Å²) in [5, 5.41) is 1.92.